The van der Waals surface area contributed by atoms with Crippen LogP contribution in [-0.2, 0) is 9.53 Å². The summed E-state index contributed by atoms with van der Waals surface area (Å²) in [6.45, 7) is 1.63. The van der Waals surface area contributed by atoms with Crippen LogP contribution >= 0.6 is 11.6 Å². The maximum Gasteiger partial charge on any atom is 0.344 e. The zero-order chi connectivity index (χ0) is 17.5. The van der Waals surface area contributed by atoms with Gasteiger partial charge in [0.1, 0.15) is 5.75 Å². The Bertz CT molecular complexity index is 811. The third kappa shape index (κ3) is 4.34. The third-order valence-electron chi connectivity index (χ3n) is 3.09. The molecule has 2 aromatic carbocycles. The van der Waals surface area contributed by atoms with E-state index in [1.165, 1.54) is 18.2 Å². The summed E-state index contributed by atoms with van der Waals surface area (Å²) in [6, 6.07) is 12.8. The minimum atomic E-state index is -0.530. The van der Waals surface area contributed by atoms with Gasteiger partial charge in [-0.1, -0.05) is 23.7 Å². The van der Waals surface area contributed by atoms with Gasteiger partial charge in [-0.15, -0.1) is 0 Å². The van der Waals surface area contributed by atoms with Gasteiger partial charge in [0.25, 0.3) is 0 Å². The summed E-state index contributed by atoms with van der Waals surface area (Å²) in [6.07, 6.45) is 0. The van der Waals surface area contributed by atoms with Gasteiger partial charge in [0.2, 0.25) is 0 Å². The molecular formula is C18H14ClNO4. The maximum absolute atomic E-state index is 12.7. The molecule has 6 heteroatoms. The molecule has 0 atom stereocenters. The molecule has 0 radical (unpaired) electrons. The van der Waals surface area contributed by atoms with E-state index in [4.69, 9.17) is 26.3 Å². The number of nitrogens with zero attached hydrogens (tertiary/aromatic N) is 1. The molecule has 0 bridgehead atoms. The highest BCUT2D eigenvalue weighted by Crippen LogP contribution is 2.26. The first-order valence-electron chi connectivity index (χ1n) is 7.18. The number of hydrogen-bond donors (Lipinski definition) is 0. The minimum Gasteiger partial charge on any atom is -0.481 e. The largest absolute Gasteiger partial charge is 0.481 e. The fourth-order valence-corrected chi connectivity index (χ4v) is 2.20. The van der Waals surface area contributed by atoms with Gasteiger partial charge in [-0.3, -0.25) is 4.79 Å². The average molecular weight is 344 g/mol. The van der Waals surface area contributed by atoms with Crippen molar-refractivity contribution in [3.63, 3.8) is 0 Å². The van der Waals surface area contributed by atoms with Crippen molar-refractivity contribution in [3.05, 3.63) is 64.2 Å². The molecule has 5 nitrogen and oxygen atoms in total. The monoisotopic (exact) mass is 343 g/mol. The molecule has 0 spiro atoms. The molecule has 2 rings (SSSR count). The summed E-state index contributed by atoms with van der Waals surface area (Å²) in [5.74, 6) is -0.661. The Morgan fingerprint density at radius 1 is 1.21 bits per heavy atom. The molecule has 0 amide bonds. The minimum absolute atomic E-state index is 0.210. The van der Waals surface area contributed by atoms with Crippen molar-refractivity contribution >= 4 is 23.4 Å². The maximum atomic E-state index is 12.7. The van der Waals surface area contributed by atoms with Crippen molar-refractivity contribution in [2.45, 2.75) is 6.92 Å². The number of ether oxygens (including phenoxy) is 2. The highest BCUT2D eigenvalue weighted by molar-refractivity contribution is 6.31. The highest BCUT2D eigenvalue weighted by atomic mass is 35.5. The smallest absolute Gasteiger partial charge is 0.344 e. The van der Waals surface area contributed by atoms with Gasteiger partial charge in [-0.05, 0) is 37.3 Å². The quantitative estimate of drug-likeness (QED) is 0.593. The fraction of sp³-hybridized carbons (Fsp3) is 0.167. The first-order chi connectivity index (χ1) is 11.5. The zero-order valence-corrected chi connectivity index (χ0v) is 13.7. The van der Waals surface area contributed by atoms with Crippen LogP contribution in [0.2, 0.25) is 5.02 Å². The number of rotatable bonds is 6. The Balaban J connectivity index is 2.31. The molecule has 24 heavy (non-hydrogen) atoms. The summed E-state index contributed by atoms with van der Waals surface area (Å²) >= 11 is 5.97. The number of ketones is 1. The Morgan fingerprint density at radius 2 is 2.00 bits per heavy atom. The Hall–Kier alpha value is -2.84. The van der Waals surface area contributed by atoms with Gasteiger partial charge in [0.15, 0.2) is 12.4 Å². The van der Waals surface area contributed by atoms with Crippen molar-refractivity contribution in [1.29, 1.82) is 5.26 Å². The van der Waals surface area contributed by atoms with E-state index >= 15 is 0 Å². The van der Waals surface area contributed by atoms with Gasteiger partial charge >= 0.3 is 5.97 Å². The number of benzene rings is 2. The van der Waals surface area contributed by atoms with Gasteiger partial charge < -0.3 is 9.47 Å². The Kier molecular flexibility index (Phi) is 5.94. The molecule has 0 saturated carbocycles. The second kappa shape index (κ2) is 8.14. The number of nitriles is 1. The molecule has 0 aliphatic carbocycles. The van der Waals surface area contributed by atoms with E-state index in [-0.39, 0.29) is 30.3 Å². The van der Waals surface area contributed by atoms with E-state index in [2.05, 4.69) is 0 Å². The lowest BCUT2D eigenvalue weighted by Gasteiger charge is -2.11. The number of carbonyl (C=O) groups excluding carboxylic acids is 2. The molecule has 0 N–H and O–H groups in total. The van der Waals surface area contributed by atoms with Crippen molar-refractivity contribution in [3.8, 4) is 11.8 Å². The molecule has 0 heterocycles. The molecule has 0 saturated heterocycles. The van der Waals surface area contributed by atoms with Gasteiger partial charge in [0.05, 0.1) is 23.8 Å². The van der Waals surface area contributed by atoms with Crippen LogP contribution in [-0.4, -0.2) is 25.0 Å². The topological polar surface area (TPSA) is 76.4 Å². The van der Waals surface area contributed by atoms with E-state index in [1.54, 1.807) is 31.2 Å². The van der Waals surface area contributed by atoms with E-state index in [9.17, 15) is 9.59 Å². The summed E-state index contributed by atoms with van der Waals surface area (Å²) < 4.78 is 10.2. The van der Waals surface area contributed by atoms with Crippen LogP contribution in [0.4, 0.5) is 0 Å². The molecule has 0 unspecified atom stereocenters. The first kappa shape index (κ1) is 17.5. The fourth-order valence-electron chi connectivity index (χ4n) is 2.03. The second-order valence-corrected chi connectivity index (χ2v) is 5.19. The lowest BCUT2D eigenvalue weighted by molar-refractivity contribution is -0.145. The number of halogens is 1. The molecule has 0 aliphatic rings. The summed E-state index contributed by atoms with van der Waals surface area (Å²) in [5, 5.41) is 9.31. The molecule has 0 aliphatic heterocycles. The lowest BCUT2D eigenvalue weighted by atomic mass is 10.0. The second-order valence-electron chi connectivity index (χ2n) is 4.76. The van der Waals surface area contributed by atoms with E-state index in [1.807, 2.05) is 6.07 Å². The van der Waals surface area contributed by atoms with Crippen LogP contribution in [0.5, 0.6) is 5.75 Å². The van der Waals surface area contributed by atoms with Crippen molar-refractivity contribution < 1.29 is 19.1 Å². The first-order valence-corrected chi connectivity index (χ1v) is 7.55. The Morgan fingerprint density at radius 3 is 2.71 bits per heavy atom. The molecular weight excluding hydrogens is 330 g/mol. The SMILES string of the molecule is CCOC(=O)COc1ccc(Cl)cc1C(=O)c1cccc(C#N)c1. The van der Waals surface area contributed by atoms with E-state index in [0.717, 1.165) is 0 Å². The number of esters is 1. The van der Waals surface area contributed by atoms with Crippen LogP contribution in [0.25, 0.3) is 0 Å². The zero-order valence-electron chi connectivity index (χ0n) is 12.9. The van der Waals surface area contributed by atoms with Crippen LogP contribution in [0, 0.1) is 11.3 Å². The predicted octanol–water partition coefficient (Wildman–Crippen LogP) is 3.38. The van der Waals surface area contributed by atoms with Crippen LogP contribution in [0.15, 0.2) is 42.5 Å². The lowest BCUT2D eigenvalue weighted by Crippen LogP contribution is -2.16. The number of carbonyl (C=O) groups is 2. The van der Waals surface area contributed by atoms with E-state index in [0.29, 0.717) is 16.1 Å². The number of hydrogen-bond acceptors (Lipinski definition) is 5. The van der Waals surface area contributed by atoms with Gasteiger partial charge in [-0.25, -0.2) is 4.79 Å². The van der Waals surface area contributed by atoms with Crippen molar-refractivity contribution in [1.82, 2.24) is 0 Å². The average Bonchev–Trinajstić information content (AvgIpc) is 2.60. The van der Waals surface area contributed by atoms with Gasteiger partial charge in [0, 0.05) is 10.6 Å². The van der Waals surface area contributed by atoms with Crippen LogP contribution < -0.4 is 4.74 Å². The van der Waals surface area contributed by atoms with Crippen molar-refractivity contribution in [2.75, 3.05) is 13.2 Å². The summed E-state index contributed by atoms with van der Waals surface area (Å²) in [4.78, 5) is 24.1. The molecule has 122 valence electrons. The summed E-state index contributed by atoms with van der Waals surface area (Å²) in [7, 11) is 0. The third-order valence-corrected chi connectivity index (χ3v) is 3.33. The predicted molar refractivity (Wildman–Crippen MR) is 88.2 cm³/mol. The molecule has 0 fully saturated rings. The van der Waals surface area contributed by atoms with Gasteiger partial charge in [-0.2, -0.15) is 5.26 Å². The normalized spacial score (nSPS) is 9.88. The standard InChI is InChI=1S/C18H14ClNO4/c1-2-23-17(21)11-24-16-7-6-14(19)9-15(16)18(22)13-5-3-4-12(8-13)10-20/h3-9H,2,11H2,1H3. The summed E-state index contributed by atoms with van der Waals surface area (Å²) in [5.41, 5.74) is 0.913. The van der Waals surface area contributed by atoms with Crippen molar-refractivity contribution in [2.24, 2.45) is 0 Å². The highest BCUT2D eigenvalue weighted by Gasteiger charge is 2.17. The molecule has 2 aromatic rings. The molecule has 0 aromatic heterocycles. The Labute approximate surface area is 144 Å². The van der Waals surface area contributed by atoms with Crippen LogP contribution in [0.1, 0.15) is 28.4 Å². The van der Waals surface area contributed by atoms with Crippen LogP contribution in [0.3, 0.4) is 0 Å². The van der Waals surface area contributed by atoms with E-state index < -0.39 is 5.97 Å².